The summed E-state index contributed by atoms with van der Waals surface area (Å²) in [5, 5.41) is 18.8. The first-order valence-electron chi connectivity index (χ1n) is 6.29. The Labute approximate surface area is 121 Å². The van der Waals surface area contributed by atoms with Gasteiger partial charge < -0.3 is 5.32 Å². The van der Waals surface area contributed by atoms with Crippen molar-refractivity contribution in [2.75, 3.05) is 11.9 Å². The molecule has 1 heterocycles. The second-order valence-corrected chi connectivity index (χ2v) is 4.82. The molecule has 0 spiro atoms. The molecule has 0 aliphatic rings. The van der Waals surface area contributed by atoms with Crippen molar-refractivity contribution in [3.63, 3.8) is 0 Å². The van der Waals surface area contributed by atoms with E-state index in [-0.39, 0.29) is 5.69 Å². The number of hydrogen-bond donors (Lipinski definition) is 1. The predicted molar refractivity (Wildman–Crippen MR) is 78.2 cm³/mol. The third kappa shape index (κ3) is 3.48. The molecule has 1 N–H and O–H groups in total. The fraction of sp³-hybridized carbons (Fsp3) is 0.308. The molecule has 0 radical (unpaired) electrons. The van der Waals surface area contributed by atoms with Gasteiger partial charge in [-0.3, -0.25) is 14.8 Å². The van der Waals surface area contributed by atoms with Crippen LogP contribution < -0.4 is 5.32 Å². The minimum Gasteiger partial charge on any atom is -0.385 e. The van der Waals surface area contributed by atoms with Crippen molar-refractivity contribution in [3.05, 3.63) is 51.3 Å². The first kappa shape index (κ1) is 14.3. The van der Waals surface area contributed by atoms with Gasteiger partial charge >= 0.3 is 0 Å². The quantitative estimate of drug-likeness (QED) is 0.655. The van der Waals surface area contributed by atoms with E-state index in [4.69, 9.17) is 11.6 Å². The minimum absolute atomic E-state index is 0.0697. The Bertz CT molecular complexity index is 612. The third-order valence-electron chi connectivity index (χ3n) is 2.80. The van der Waals surface area contributed by atoms with Gasteiger partial charge in [-0.05, 0) is 12.5 Å². The maximum Gasteiger partial charge on any atom is 0.269 e. The van der Waals surface area contributed by atoms with E-state index >= 15 is 0 Å². The standard InChI is InChI=1S/C13H15ClN4O2/c1-2-5-15-13-4-3-12(18(19)20)6-10(13)8-17-9-11(14)7-16-17/h3-4,6-7,9,15H,2,5,8H2,1H3. The lowest BCUT2D eigenvalue weighted by molar-refractivity contribution is -0.384. The van der Waals surface area contributed by atoms with Crippen molar-refractivity contribution in [1.29, 1.82) is 0 Å². The minimum atomic E-state index is -0.400. The van der Waals surface area contributed by atoms with Crippen molar-refractivity contribution in [1.82, 2.24) is 9.78 Å². The highest BCUT2D eigenvalue weighted by atomic mass is 35.5. The van der Waals surface area contributed by atoms with Crippen LogP contribution in [0.25, 0.3) is 0 Å². The summed E-state index contributed by atoms with van der Waals surface area (Å²) in [7, 11) is 0. The number of anilines is 1. The lowest BCUT2D eigenvalue weighted by Crippen LogP contribution is -2.07. The molecule has 6 nitrogen and oxygen atoms in total. The van der Waals surface area contributed by atoms with Crippen LogP contribution in [0.1, 0.15) is 18.9 Å². The predicted octanol–water partition coefficient (Wildman–Crippen LogP) is 3.31. The van der Waals surface area contributed by atoms with Crippen molar-refractivity contribution < 1.29 is 4.92 Å². The van der Waals surface area contributed by atoms with E-state index in [9.17, 15) is 10.1 Å². The number of hydrogen-bond acceptors (Lipinski definition) is 4. The molecule has 0 saturated heterocycles. The summed E-state index contributed by atoms with van der Waals surface area (Å²) >= 11 is 5.82. The van der Waals surface area contributed by atoms with Gasteiger partial charge in [-0.2, -0.15) is 5.10 Å². The maximum absolute atomic E-state index is 10.9. The monoisotopic (exact) mass is 294 g/mol. The van der Waals surface area contributed by atoms with Crippen LogP contribution in [-0.2, 0) is 6.54 Å². The summed E-state index contributed by atoms with van der Waals surface area (Å²) in [6, 6.07) is 4.79. The number of rotatable bonds is 6. The number of benzene rings is 1. The summed E-state index contributed by atoms with van der Waals surface area (Å²) < 4.78 is 1.65. The maximum atomic E-state index is 10.9. The van der Waals surface area contributed by atoms with Crippen LogP contribution >= 0.6 is 11.6 Å². The molecular weight excluding hydrogens is 280 g/mol. The van der Waals surface area contributed by atoms with Gasteiger partial charge in [0.25, 0.3) is 5.69 Å². The SMILES string of the molecule is CCCNc1ccc([N+](=O)[O-])cc1Cn1cc(Cl)cn1. The molecule has 1 aromatic carbocycles. The van der Waals surface area contributed by atoms with E-state index in [0.29, 0.717) is 11.6 Å². The molecule has 1 aromatic heterocycles. The number of nitrogens with zero attached hydrogens (tertiary/aromatic N) is 3. The number of halogens is 1. The van der Waals surface area contributed by atoms with Crippen LogP contribution in [-0.4, -0.2) is 21.2 Å². The van der Waals surface area contributed by atoms with Gasteiger partial charge in [0.05, 0.1) is 22.7 Å². The van der Waals surface area contributed by atoms with Crippen molar-refractivity contribution in [2.24, 2.45) is 0 Å². The highest BCUT2D eigenvalue weighted by molar-refractivity contribution is 6.30. The molecule has 2 aromatic rings. The van der Waals surface area contributed by atoms with E-state index < -0.39 is 4.92 Å². The zero-order valence-corrected chi connectivity index (χ0v) is 11.8. The molecule has 0 fully saturated rings. The van der Waals surface area contributed by atoms with Gasteiger partial charge in [-0.1, -0.05) is 18.5 Å². The van der Waals surface area contributed by atoms with Crippen LogP contribution in [0.15, 0.2) is 30.6 Å². The second-order valence-electron chi connectivity index (χ2n) is 4.38. The van der Waals surface area contributed by atoms with Gasteiger partial charge in [0.15, 0.2) is 0 Å². The molecule has 106 valence electrons. The first-order chi connectivity index (χ1) is 9.60. The number of nitro groups is 1. The lowest BCUT2D eigenvalue weighted by Gasteiger charge is -2.11. The van der Waals surface area contributed by atoms with Crippen LogP contribution in [0.3, 0.4) is 0 Å². The van der Waals surface area contributed by atoms with Crippen LogP contribution in [0.4, 0.5) is 11.4 Å². The number of nitrogens with one attached hydrogen (secondary N) is 1. The molecular formula is C13H15ClN4O2. The molecule has 0 saturated carbocycles. The molecule has 0 amide bonds. The molecule has 2 rings (SSSR count). The summed E-state index contributed by atoms with van der Waals surface area (Å²) in [6.45, 7) is 3.30. The molecule has 20 heavy (non-hydrogen) atoms. The summed E-state index contributed by atoms with van der Waals surface area (Å²) in [5.41, 5.74) is 1.76. The fourth-order valence-corrected chi connectivity index (χ4v) is 2.01. The van der Waals surface area contributed by atoms with Crippen LogP contribution in [0.5, 0.6) is 0 Å². The Hall–Kier alpha value is -2.08. The smallest absolute Gasteiger partial charge is 0.269 e. The molecule has 0 atom stereocenters. The van der Waals surface area contributed by atoms with Crippen LogP contribution in [0.2, 0.25) is 5.02 Å². The Morgan fingerprint density at radius 1 is 1.50 bits per heavy atom. The average molecular weight is 295 g/mol. The molecule has 0 unspecified atom stereocenters. The molecule has 7 heteroatoms. The summed E-state index contributed by atoms with van der Waals surface area (Å²) in [4.78, 5) is 10.5. The number of nitro benzene ring substituents is 1. The molecule has 0 aliphatic carbocycles. The Morgan fingerprint density at radius 3 is 2.90 bits per heavy atom. The third-order valence-corrected chi connectivity index (χ3v) is 2.99. The van der Waals surface area contributed by atoms with Crippen LogP contribution in [0, 0.1) is 10.1 Å². The molecule has 0 bridgehead atoms. The van der Waals surface area contributed by atoms with Gasteiger partial charge in [-0.25, -0.2) is 0 Å². The molecule has 0 aliphatic heterocycles. The van der Waals surface area contributed by atoms with Crippen molar-refractivity contribution in [2.45, 2.75) is 19.9 Å². The van der Waals surface area contributed by atoms with Crippen molar-refractivity contribution >= 4 is 23.0 Å². The van der Waals surface area contributed by atoms with E-state index in [1.807, 2.05) is 0 Å². The topological polar surface area (TPSA) is 73.0 Å². The van der Waals surface area contributed by atoms with Gasteiger partial charge in [-0.15, -0.1) is 0 Å². The van der Waals surface area contributed by atoms with Gasteiger partial charge in [0.1, 0.15) is 0 Å². The van der Waals surface area contributed by atoms with Crippen molar-refractivity contribution in [3.8, 4) is 0 Å². The Morgan fingerprint density at radius 2 is 2.30 bits per heavy atom. The zero-order chi connectivity index (χ0) is 14.5. The zero-order valence-electron chi connectivity index (χ0n) is 11.0. The van der Waals surface area contributed by atoms with Gasteiger partial charge in [0, 0.05) is 36.1 Å². The highest BCUT2D eigenvalue weighted by Gasteiger charge is 2.11. The first-order valence-corrected chi connectivity index (χ1v) is 6.67. The lowest BCUT2D eigenvalue weighted by atomic mass is 10.1. The normalized spacial score (nSPS) is 10.5. The van der Waals surface area contributed by atoms with E-state index in [2.05, 4.69) is 17.3 Å². The Kier molecular flexibility index (Phi) is 4.57. The average Bonchev–Trinajstić information content (AvgIpc) is 2.82. The van der Waals surface area contributed by atoms with E-state index in [1.54, 1.807) is 23.0 Å². The fourth-order valence-electron chi connectivity index (χ4n) is 1.86. The largest absolute Gasteiger partial charge is 0.385 e. The highest BCUT2D eigenvalue weighted by Crippen LogP contribution is 2.23. The summed E-state index contributed by atoms with van der Waals surface area (Å²) in [5.74, 6) is 0. The summed E-state index contributed by atoms with van der Waals surface area (Å²) in [6.07, 6.45) is 4.20. The number of aromatic nitrogens is 2. The van der Waals surface area contributed by atoms with Gasteiger partial charge in [0.2, 0.25) is 0 Å². The second kappa shape index (κ2) is 6.38. The number of non-ortho nitro benzene ring substituents is 1. The Balaban J connectivity index is 2.30. The van der Waals surface area contributed by atoms with E-state index in [1.165, 1.54) is 12.3 Å². The van der Waals surface area contributed by atoms with E-state index in [0.717, 1.165) is 24.2 Å².